The van der Waals surface area contributed by atoms with Gasteiger partial charge in [-0.1, -0.05) is 12.1 Å². The summed E-state index contributed by atoms with van der Waals surface area (Å²) in [6.07, 6.45) is 0.460. The predicted molar refractivity (Wildman–Crippen MR) is 120 cm³/mol. The lowest BCUT2D eigenvalue weighted by Crippen LogP contribution is -2.48. The SMILES string of the molecule is C[C@H](NC(=O)[C@@H]1C[C@@H](O)CN1C(=O)OC(C)(C)C)c1ccc(N2CCC[C@H]2C(N)=O)cc1. The Labute approximate surface area is 188 Å². The van der Waals surface area contributed by atoms with Crippen LogP contribution in [0, 0.1) is 0 Å². The summed E-state index contributed by atoms with van der Waals surface area (Å²) in [4.78, 5) is 40.4. The van der Waals surface area contributed by atoms with E-state index in [0.717, 1.165) is 30.6 Å². The molecule has 4 atom stereocenters. The van der Waals surface area contributed by atoms with E-state index in [2.05, 4.69) is 5.32 Å². The molecule has 176 valence electrons. The monoisotopic (exact) mass is 446 g/mol. The number of rotatable bonds is 5. The molecule has 0 spiro atoms. The molecule has 2 heterocycles. The molecule has 9 nitrogen and oxygen atoms in total. The minimum absolute atomic E-state index is 0.0624. The zero-order chi connectivity index (χ0) is 23.6. The fourth-order valence-electron chi connectivity index (χ4n) is 4.30. The van der Waals surface area contributed by atoms with Crippen molar-refractivity contribution in [2.45, 2.75) is 76.8 Å². The van der Waals surface area contributed by atoms with Crippen LogP contribution in [0.25, 0.3) is 0 Å². The van der Waals surface area contributed by atoms with Crippen LogP contribution in [0.1, 0.15) is 58.6 Å². The van der Waals surface area contributed by atoms with Crippen LogP contribution < -0.4 is 16.0 Å². The Morgan fingerprint density at radius 2 is 1.84 bits per heavy atom. The van der Waals surface area contributed by atoms with Crippen molar-refractivity contribution in [1.82, 2.24) is 10.2 Å². The number of amides is 3. The number of β-amino-alcohol motifs (C(OH)–C–C–N with tert-alkyl or cyclic N) is 1. The highest BCUT2D eigenvalue weighted by atomic mass is 16.6. The number of aliphatic hydroxyl groups excluding tert-OH is 1. The van der Waals surface area contributed by atoms with Crippen molar-refractivity contribution in [2.24, 2.45) is 5.73 Å². The van der Waals surface area contributed by atoms with Gasteiger partial charge in [-0.05, 0) is 58.2 Å². The number of primary amides is 1. The van der Waals surface area contributed by atoms with Gasteiger partial charge in [0.05, 0.1) is 18.7 Å². The second-order valence-corrected chi connectivity index (χ2v) is 9.61. The normalized spacial score (nSPS) is 24.3. The number of carbonyl (C=O) groups excluding carboxylic acids is 3. The topological polar surface area (TPSA) is 125 Å². The van der Waals surface area contributed by atoms with Crippen molar-refractivity contribution in [1.29, 1.82) is 0 Å². The Morgan fingerprint density at radius 3 is 2.44 bits per heavy atom. The molecule has 2 aliphatic rings. The Kier molecular flexibility index (Phi) is 6.97. The second-order valence-electron chi connectivity index (χ2n) is 9.61. The van der Waals surface area contributed by atoms with Crippen LogP contribution in [-0.4, -0.2) is 64.8 Å². The molecule has 0 aliphatic carbocycles. The highest BCUT2D eigenvalue weighted by Gasteiger charge is 2.41. The zero-order valence-electron chi connectivity index (χ0n) is 19.2. The smallest absolute Gasteiger partial charge is 0.411 e. The summed E-state index contributed by atoms with van der Waals surface area (Å²) in [5, 5.41) is 13.0. The van der Waals surface area contributed by atoms with Crippen molar-refractivity contribution in [3.05, 3.63) is 29.8 Å². The number of aliphatic hydroxyl groups is 1. The average molecular weight is 447 g/mol. The van der Waals surface area contributed by atoms with Crippen molar-refractivity contribution in [3.63, 3.8) is 0 Å². The van der Waals surface area contributed by atoms with Crippen LogP contribution >= 0.6 is 0 Å². The molecule has 1 aromatic rings. The summed E-state index contributed by atoms with van der Waals surface area (Å²) in [6, 6.07) is 6.28. The van der Waals surface area contributed by atoms with Crippen LogP contribution in [-0.2, 0) is 14.3 Å². The van der Waals surface area contributed by atoms with E-state index in [4.69, 9.17) is 10.5 Å². The molecule has 0 radical (unpaired) electrons. The van der Waals surface area contributed by atoms with Gasteiger partial charge in [-0.25, -0.2) is 4.79 Å². The highest BCUT2D eigenvalue weighted by Crippen LogP contribution is 2.27. The first-order valence-electron chi connectivity index (χ1n) is 11.1. The molecule has 2 fully saturated rings. The van der Waals surface area contributed by atoms with Gasteiger partial charge in [0.25, 0.3) is 0 Å². The largest absolute Gasteiger partial charge is 0.444 e. The van der Waals surface area contributed by atoms with Gasteiger partial charge < -0.3 is 25.8 Å². The maximum absolute atomic E-state index is 12.9. The van der Waals surface area contributed by atoms with E-state index in [0.29, 0.717) is 0 Å². The number of likely N-dealkylation sites (tertiary alicyclic amines) is 1. The van der Waals surface area contributed by atoms with E-state index in [1.807, 2.05) is 36.1 Å². The van der Waals surface area contributed by atoms with Gasteiger partial charge in [-0.2, -0.15) is 0 Å². The molecule has 2 aliphatic heterocycles. The van der Waals surface area contributed by atoms with Crippen molar-refractivity contribution >= 4 is 23.6 Å². The number of carbonyl (C=O) groups is 3. The molecular weight excluding hydrogens is 412 g/mol. The standard InChI is InChI=1S/C23H34N4O5/c1-14(15-7-9-16(10-8-15)26-11-5-6-18(26)20(24)29)25-21(30)19-12-17(28)13-27(19)22(31)32-23(2,3)4/h7-10,14,17-19,28H,5-6,11-13H2,1-4H3,(H2,24,29)(H,25,30)/t14-,17+,18-,19-/m0/s1. The first-order valence-corrected chi connectivity index (χ1v) is 11.1. The molecule has 3 rings (SSSR count). The molecule has 0 bridgehead atoms. The number of benzene rings is 1. The number of ether oxygens (including phenoxy) is 1. The van der Waals surface area contributed by atoms with Gasteiger partial charge in [-0.15, -0.1) is 0 Å². The van der Waals surface area contributed by atoms with Crippen LogP contribution in [0.15, 0.2) is 24.3 Å². The summed E-state index contributed by atoms with van der Waals surface area (Å²) in [7, 11) is 0. The van der Waals surface area contributed by atoms with Gasteiger partial charge in [-0.3, -0.25) is 14.5 Å². The minimum Gasteiger partial charge on any atom is -0.444 e. The van der Waals surface area contributed by atoms with Crippen LogP contribution in [0.4, 0.5) is 10.5 Å². The molecule has 2 saturated heterocycles. The van der Waals surface area contributed by atoms with Gasteiger partial charge >= 0.3 is 6.09 Å². The molecular formula is C23H34N4O5. The number of hydrogen-bond donors (Lipinski definition) is 3. The Balaban J connectivity index is 1.64. The number of nitrogens with zero attached hydrogens (tertiary/aromatic N) is 2. The number of hydrogen-bond acceptors (Lipinski definition) is 6. The van der Waals surface area contributed by atoms with Gasteiger partial charge in [0.2, 0.25) is 11.8 Å². The molecule has 0 saturated carbocycles. The lowest BCUT2D eigenvalue weighted by Gasteiger charge is -2.28. The molecule has 0 aromatic heterocycles. The third-order valence-corrected chi connectivity index (χ3v) is 5.87. The van der Waals surface area contributed by atoms with Gasteiger partial charge in [0.1, 0.15) is 17.7 Å². The lowest BCUT2D eigenvalue weighted by atomic mass is 10.1. The van der Waals surface area contributed by atoms with E-state index < -0.39 is 23.8 Å². The zero-order valence-corrected chi connectivity index (χ0v) is 19.2. The van der Waals surface area contributed by atoms with Crippen molar-refractivity contribution < 1.29 is 24.2 Å². The van der Waals surface area contributed by atoms with Gasteiger partial charge in [0, 0.05) is 18.7 Å². The summed E-state index contributed by atoms with van der Waals surface area (Å²) in [5.74, 6) is -0.655. The van der Waals surface area contributed by atoms with E-state index in [9.17, 15) is 19.5 Å². The van der Waals surface area contributed by atoms with Crippen LogP contribution in [0.3, 0.4) is 0 Å². The van der Waals surface area contributed by atoms with E-state index in [-0.39, 0.29) is 36.9 Å². The Hall–Kier alpha value is -2.81. The maximum Gasteiger partial charge on any atom is 0.411 e. The first-order chi connectivity index (χ1) is 15.0. The predicted octanol–water partition coefficient (Wildman–Crippen LogP) is 1.69. The second kappa shape index (κ2) is 9.36. The molecule has 32 heavy (non-hydrogen) atoms. The number of nitrogens with one attached hydrogen (secondary N) is 1. The molecule has 0 unspecified atom stereocenters. The fourth-order valence-corrected chi connectivity index (χ4v) is 4.30. The summed E-state index contributed by atoms with van der Waals surface area (Å²) >= 11 is 0. The van der Waals surface area contributed by atoms with Crippen molar-refractivity contribution in [2.75, 3.05) is 18.0 Å². The summed E-state index contributed by atoms with van der Waals surface area (Å²) in [5.41, 5.74) is 6.63. The quantitative estimate of drug-likeness (QED) is 0.632. The first kappa shape index (κ1) is 23.8. The third kappa shape index (κ3) is 5.51. The van der Waals surface area contributed by atoms with Crippen LogP contribution in [0.2, 0.25) is 0 Å². The molecule has 1 aromatic carbocycles. The van der Waals surface area contributed by atoms with Gasteiger partial charge in [0.15, 0.2) is 0 Å². The fraction of sp³-hybridized carbons (Fsp3) is 0.609. The Bertz CT molecular complexity index is 851. The Morgan fingerprint density at radius 1 is 1.19 bits per heavy atom. The van der Waals surface area contributed by atoms with E-state index in [1.54, 1.807) is 20.8 Å². The van der Waals surface area contributed by atoms with Crippen LogP contribution in [0.5, 0.6) is 0 Å². The number of anilines is 1. The molecule has 9 heteroatoms. The molecule has 3 amide bonds. The lowest BCUT2D eigenvalue weighted by molar-refractivity contribution is -0.126. The summed E-state index contributed by atoms with van der Waals surface area (Å²) in [6.45, 7) is 7.97. The summed E-state index contributed by atoms with van der Waals surface area (Å²) < 4.78 is 5.39. The minimum atomic E-state index is -0.789. The maximum atomic E-state index is 12.9. The third-order valence-electron chi connectivity index (χ3n) is 5.87. The molecule has 4 N–H and O–H groups in total. The van der Waals surface area contributed by atoms with Crippen molar-refractivity contribution in [3.8, 4) is 0 Å². The van der Waals surface area contributed by atoms with E-state index in [1.165, 1.54) is 4.90 Å². The van der Waals surface area contributed by atoms with E-state index >= 15 is 0 Å². The number of nitrogens with two attached hydrogens (primary N) is 1. The average Bonchev–Trinajstić information content (AvgIpc) is 3.33. The highest BCUT2D eigenvalue weighted by molar-refractivity contribution is 5.87.